The van der Waals surface area contributed by atoms with Crippen LogP contribution >= 0.6 is 0 Å². The van der Waals surface area contributed by atoms with Crippen molar-refractivity contribution in [3.05, 3.63) is 35.4 Å². The lowest BCUT2D eigenvalue weighted by Crippen LogP contribution is -2.51. The van der Waals surface area contributed by atoms with E-state index in [1.54, 1.807) is 7.11 Å². The summed E-state index contributed by atoms with van der Waals surface area (Å²) >= 11 is 0. The van der Waals surface area contributed by atoms with Gasteiger partial charge in [-0.25, -0.2) is 0 Å². The van der Waals surface area contributed by atoms with Gasteiger partial charge in [-0.1, -0.05) is 19.1 Å². The minimum Gasteiger partial charge on any atom is -0.385 e. The predicted molar refractivity (Wildman–Crippen MR) is 97.7 cm³/mol. The van der Waals surface area contributed by atoms with E-state index >= 15 is 0 Å². The summed E-state index contributed by atoms with van der Waals surface area (Å²) in [6.07, 6.45) is 1.79. The molecule has 1 heterocycles. The fourth-order valence-corrected chi connectivity index (χ4v) is 2.88. The molecule has 1 aromatic rings. The van der Waals surface area contributed by atoms with Crippen molar-refractivity contribution >= 4 is 11.8 Å². The van der Waals surface area contributed by atoms with Crippen molar-refractivity contribution in [1.82, 2.24) is 15.1 Å². The van der Waals surface area contributed by atoms with Gasteiger partial charge in [0.1, 0.15) is 0 Å². The smallest absolute Gasteiger partial charge is 0.253 e. The second kappa shape index (κ2) is 10.2. The first-order valence-electron chi connectivity index (χ1n) is 9.00. The molecule has 1 aliphatic heterocycles. The molecule has 0 bridgehead atoms. The lowest BCUT2D eigenvalue weighted by molar-refractivity contribution is -0.122. The highest BCUT2D eigenvalue weighted by Crippen LogP contribution is 2.10. The van der Waals surface area contributed by atoms with Gasteiger partial charge in [0, 0.05) is 52.0 Å². The Kier molecular flexibility index (Phi) is 7.88. The maximum absolute atomic E-state index is 12.5. The number of ether oxygens (including phenoxy) is 1. The van der Waals surface area contributed by atoms with Crippen LogP contribution in [0.5, 0.6) is 0 Å². The number of amides is 2. The first-order valence-corrected chi connectivity index (χ1v) is 9.00. The first kappa shape index (κ1) is 19.4. The summed E-state index contributed by atoms with van der Waals surface area (Å²) in [5.41, 5.74) is 1.97. The molecule has 0 atom stereocenters. The number of rotatable bonds is 8. The number of nitrogens with one attached hydrogen (secondary N) is 1. The lowest BCUT2D eigenvalue weighted by atomic mass is 10.1. The average Bonchev–Trinajstić information content (AvgIpc) is 2.65. The zero-order chi connectivity index (χ0) is 18.1. The number of aryl methyl sites for hydroxylation is 1. The molecule has 1 aromatic carbocycles. The second-order valence-corrected chi connectivity index (χ2v) is 6.32. The number of nitrogens with zero attached hydrogens (tertiary/aromatic N) is 2. The maximum atomic E-state index is 12.5. The van der Waals surface area contributed by atoms with Crippen LogP contribution in [-0.4, -0.2) is 74.6 Å². The minimum atomic E-state index is 0.0334. The summed E-state index contributed by atoms with van der Waals surface area (Å²) in [5.74, 6) is 0.109. The van der Waals surface area contributed by atoms with Crippen LogP contribution in [0.25, 0.3) is 0 Å². The van der Waals surface area contributed by atoms with Gasteiger partial charge in [0.25, 0.3) is 5.91 Å². The van der Waals surface area contributed by atoms with E-state index in [0.29, 0.717) is 32.8 Å². The zero-order valence-corrected chi connectivity index (χ0v) is 15.3. The molecule has 25 heavy (non-hydrogen) atoms. The summed E-state index contributed by atoms with van der Waals surface area (Å²) in [4.78, 5) is 28.4. The molecule has 2 rings (SSSR count). The molecule has 0 aliphatic carbocycles. The van der Waals surface area contributed by atoms with Crippen molar-refractivity contribution in [1.29, 1.82) is 0 Å². The number of methoxy groups -OCH3 is 1. The molecule has 138 valence electrons. The van der Waals surface area contributed by atoms with Gasteiger partial charge < -0.3 is 15.0 Å². The Morgan fingerprint density at radius 3 is 2.40 bits per heavy atom. The van der Waals surface area contributed by atoms with Gasteiger partial charge in [-0.3, -0.25) is 14.5 Å². The van der Waals surface area contributed by atoms with Crippen LogP contribution in [0.1, 0.15) is 29.3 Å². The first-order chi connectivity index (χ1) is 12.1. The highest BCUT2D eigenvalue weighted by molar-refractivity contribution is 5.94. The molecule has 1 N–H and O–H groups in total. The van der Waals surface area contributed by atoms with Crippen molar-refractivity contribution in [2.75, 3.05) is 53.0 Å². The molecule has 6 heteroatoms. The van der Waals surface area contributed by atoms with Crippen LogP contribution in [-0.2, 0) is 16.0 Å². The van der Waals surface area contributed by atoms with Crippen LogP contribution in [0, 0.1) is 0 Å². The normalized spacial score (nSPS) is 15.2. The van der Waals surface area contributed by atoms with Crippen molar-refractivity contribution in [3.8, 4) is 0 Å². The van der Waals surface area contributed by atoms with Gasteiger partial charge in [0.15, 0.2) is 0 Å². The molecular weight excluding hydrogens is 318 g/mol. The van der Waals surface area contributed by atoms with Crippen molar-refractivity contribution in [2.24, 2.45) is 0 Å². The van der Waals surface area contributed by atoms with Gasteiger partial charge in [-0.15, -0.1) is 0 Å². The van der Waals surface area contributed by atoms with E-state index in [9.17, 15) is 9.59 Å². The number of carbonyl (C=O) groups is 2. The third-order valence-electron chi connectivity index (χ3n) is 4.48. The molecule has 1 aliphatic rings. The summed E-state index contributed by atoms with van der Waals surface area (Å²) in [6, 6.07) is 7.83. The van der Waals surface area contributed by atoms with E-state index in [1.165, 1.54) is 5.56 Å². The van der Waals surface area contributed by atoms with Crippen LogP contribution < -0.4 is 5.32 Å². The number of hydrogen-bond acceptors (Lipinski definition) is 4. The molecule has 0 aromatic heterocycles. The number of hydrogen-bond donors (Lipinski definition) is 1. The van der Waals surface area contributed by atoms with Gasteiger partial charge in [0.2, 0.25) is 5.91 Å². The second-order valence-electron chi connectivity index (χ2n) is 6.32. The Hall–Kier alpha value is -1.92. The molecule has 2 amide bonds. The average molecular weight is 347 g/mol. The molecule has 0 saturated carbocycles. The Bertz CT molecular complexity index is 552. The molecule has 1 fully saturated rings. The zero-order valence-electron chi connectivity index (χ0n) is 15.3. The number of benzene rings is 1. The Balaban J connectivity index is 1.73. The minimum absolute atomic E-state index is 0.0334. The monoisotopic (exact) mass is 347 g/mol. The predicted octanol–water partition coefficient (Wildman–Crippen LogP) is 1.16. The largest absolute Gasteiger partial charge is 0.385 e. The van der Waals surface area contributed by atoms with Gasteiger partial charge in [0.05, 0.1) is 6.54 Å². The standard InChI is InChI=1S/C19H29N3O3/c1-3-16-5-7-17(8-6-16)19(24)22-12-10-21(11-13-22)15-18(23)20-9-4-14-25-2/h5-8H,3-4,9-15H2,1-2H3,(H,20,23). The molecule has 0 spiro atoms. The van der Waals surface area contributed by atoms with Crippen LogP contribution in [0.4, 0.5) is 0 Å². The SMILES string of the molecule is CCc1ccc(C(=O)N2CCN(CC(=O)NCCCOC)CC2)cc1. The highest BCUT2D eigenvalue weighted by Gasteiger charge is 2.23. The Morgan fingerprint density at radius 2 is 1.80 bits per heavy atom. The van der Waals surface area contributed by atoms with Gasteiger partial charge in [-0.05, 0) is 30.5 Å². The third kappa shape index (κ3) is 6.14. The Labute approximate surface area is 150 Å². The van der Waals surface area contributed by atoms with Crippen LogP contribution in [0.3, 0.4) is 0 Å². The number of piperazine rings is 1. The fourth-order valence-electron chi connectivity index (χ4n) is 2.88. The quantitative estimate of drug-likeness (QED) is 0.717. The van der Waals surface area contributed by atoms with Crippen molar-refractivity contribution < 1.29 is 14.3 Å². The third-order valence-corrected chi connectivity index (χ3v) is 4.48. The molecule has 1 saturated heterocycles. The van der Waals surface area contributed by atoms with Crippen LogP contribution in [0.15, 0.2) is 24.3 Å². The summed E-state index contributed by atoms with van der Waals surface area (Å²) in [5, 5.41) is 2.89. The van der Waals surface area contributed by atoms with Gasteiger partial charge in [-0.2, -0.15) is 0 Å². The fraction of sp³-hybridized carbons (Fsp3) is 0.579. The van der Waals surface area contributed by atoms with E-state index in [-0.39, 0.29) is 11.8 Å². The molecule has 0 radical (unpaired) electrons. The topological polar surface area (TPSA) is 61.9 Å². The van der Waals surface area contributed by atoms with E-state index in [0.717, 1.165) is 31.5 Å². The molecule has 6 nitrogen and oxygen atoms in total. The van der Waals surface area contributed by atoms with E-state index in [1.807, 2.05) is 29.2 Å². The van der Waals surface area contributed by atoms with Crippen molar-refractivity contribution in [2.45, 2.75) is 19.8 Å². The number of carbonyl (C=O) groups excluding carboxylic acids is 2. The highest BCUT2D eigenvalue weighted by atomic mass is 16.5. The molecular formula is C19H29N3O3. The Morgan fingerprint density at radius 1 is 1.12 bits per heavy atom. The summed E-state index contributed by atoms with van der Waals surface area (Å²) < 4.78 is 4.96. The van der Waals surface area contributed by atoms with E-state index in [2.05, 4.69) is 17.1 Å². The maximum Gasteiger partial charge on any atom is 0.253 e. The summed E-state index contributed by atoms with van der Waals surface area (Å²) in [6.45, 7) is 6.55. The van der Waals surface area contributed by atoms with E-state index in [4.69, 9.17) is 4.74 Å². The lowest BCUT2D eigenvalue weighted by Gasteiger charge is -2.34. The summed E-state index contributed by atoms with van der Waals surface area (Å²) in [7, 11) is 1.65. The van der Waals surface area contributed by atoms with Gasteiger partial charge >= 0.3 is 0 Å². The van der Waals surface area contributed by atoms with Crippen molar-refractivity contribution in [3.63, 3.8) is 0 Å². The molecule has 0 unspecified atom stereocenters. The van der Waals surface area contributed by atoms with E-state index < -0.39 is 0 Å². The van der Waals surface area contributed by atoms with Crippen LogP contribution in [0.2, 0.25) is 0 Å².